The van der Waals surface area contributed by atoms with Crippen LogP contribution >= 0.6 is 11.6 Å². The second-order valence-corrected chi connectivity index (χ2v) is 2.84. The zero-order chi connectivity index (χ0) is 9.84. The Morgan fingerprint density at radius 1 is 1.69 bits per heavy atom. The number of methoxy groups -OCH3 is 1. The van der Waals surface area contributed by atoms with Crippen LogP contribution in [-0.4, -0.2) is 18.2 Å². The van der Waals surface area contributed by atoms with Gasteiger partial charge < -0.3 is 4.74 Å². The fourth-order valence-corrected chi connectivity index (χ4v) is 0.867. The molecule has 0 unspecified atom stereocenters. The zero-order valence-electron chi connectivity index (χ0n) is 7.30. The van der Waals surface area contributed by atoms with Crippen molar-refractivity contribution in [2.24, 2.45) is 0 Å². The number of carbonyl (C=O) groups is 1. The predicted octanol–water partition coefficient (Wildman–Crippen LogP) is 2.22. The van der Waals surface area contributed by atoms with Crippen molar-refractivity contribution in [3.63, 3.8) is 0 Å². The fraction of sp³-hybridized carbons (Fsp3) is 0.250. The Morgan fingerprint density at radius 2 is 2.38 bits per heavy atom. The number of nitrogens with zero attached hydrogens (tertiary/aromatic N) is 1. The monoisotopic (exact) mass is 200 g/mol. The van der Waals surface area contributed by atoms with Gasteiger partial charge >= 0.3 is 6.09 Å². The normalized spacial score (nSPS) is 9.46. The van der Waals surface area contributed by atoms with E-state index in [9.17, 15) is 4.79 Å². The topological polar surface area (TPSA) is 51.2 Å². The van der Waals surface area contributed by atoms with E-state index in [0.717, 1.165) is 5.56 Å². The summed E-state index contributed by atoms with van der Waals surface area (Å²) in [7, 11) is 1.29. The minimum Gasteiger partial charge on any atom is -0.453 e. The van der Waals surface area contributed by atoms with Crippen molar-refractivity contribution in [2.45, 2.75) is 6.92 Å². The summed E-state index contributed by atoms with van der Waals surface area (Å²) >= 11 is 5.74. The van der Waals surface area contributed by atoms with Gasteiger partial charge in [-0.2, -0.15) is 0 Å². The first kappa shape index (κ1) is 9.80. The van der Waals surface area contributed by atoms with Crippen LogP contribution in [0.1, 0.15) is 5.56 Å². The summed E-state index contributed by atoms with van der Waals surface area (Å²) < 4.78 is 4.40. The lowest BCUT2D eigenvalue weighted by Crippen LogP contribution is -2.12. The molecular weight excluding hydrogens is 192 g/mol. The maximum absolute atomic E-state index is 10.8. The molecule has 1 heterocycles. The summed E-state index contributed by atoms with van der Waals surface area (Å²) in [6, 6.07) is 1.67. The van der Waals surface area contributed by atoms with Crippen LogP contribution in [0.3, 0.4) is 0 Å². The van der Waals surface area contributed by atoms with Gasteiger partial charge in [-0.25, -0.2) is 9.78 Å². The molecule has 0 fully saturated rings. The van der Waals surface area contributed by atoms with Crippen molar-refractivity contribution < 1.29 is 9.53 Å². The van der Waals surface area contributed by atoms with Gasteiger partial charge in [0.05, 0.1) is 12.1 Å². The van der Waals surface area contributed by atoms with Gasteiger partial charge in [0.2, 0.25) is 0 Å². The van der Waals surface area contributed by atoms with E-state index in [4.69, 9.17) is 11.6 Å². The quantitative estimate of drug-likeness (QED) is 0.756. The highest BCUT2D eigenvalue weighted by atomic mass is 35.5. The summed E-state index contributed by atoms with van der Waals surface area (Å²) in [5, 5.41) is 2.99. The number of hydrogen-bond donors (Lipinski definition) is 1. The maximum Gasteiger partial charge on any atom is 0.412 e. The average Bonchev–Trinajstić information content (AvgIpc) is 2.11. The number of ether oxygens (including phenoxy) is 1. The van der Waals surface area contributed by atoms with Gasteiger partial charge in [0, 0.05) is 6.20 Å². The Bertz CT molecular complexity index is 328. The second-order valence-electron chi connectivity index (χ2n) is 2.44. The van der Waals surface area contributed by atoms with E-state index in [0.29, 0.717) is 10.8 Å². The molecule has 4 nitrogen and oxygen atoms in total. The first-order valence-corrected chi connectivity index (χ1v) is 3.98. The molecule has 0 saturated carbocycles. The molecule has 1 aromatic rings. The van der Waals surface area contributed by atoms with Crippen molar-refractivity contribution in [2.75, 3.05) is 12.4 Å². The number of pyridine rings is 1. The van der Waals surface area contributed by atoms with Gasteiger partial charge in [-0.15, -0.1) is 0 Å². The number of rotatable bonds is 1. The SMILES string of the molecule is COC(=O)Nc1cc(C)c(Cl)cn1. The number of amides is 1. The molecule has 0 radical (unpaired) electrons. The third-order valence-electron chi connectivity index (χ3n) is 1.46. The molecule has 1 aromatic heterocycles. The van der Waals surface area contributed by atoms with Crippen molar-refractivity contribution in [1.29, 1.82) is 0 Å². The lowest BCUT2D eigenvalue weighted by molar-refractivity contribution is 0.187. The molecular formula is C8H9ClN2O2. The predicted molar refractivity (Wildman–Crippen MR) is 50.0 cm³/mol. The number of aromatic nitrogens is 1. The smallest absolute Gasteiger partial charge is 0.412 e. The van der Waals surface area contributed by atoms with Crippen LogP contribution in [0.2, 0.25) is 5.02 Å². The molecule has 13 heavy (non-hydrogen) atoms. The minimum atomic E-state index is -0.547. The molecule has 5 heteroatoms. The Balaban J connectivity index is 2.79. The molecule has 0 aromatic carbocycles. The van der Waals surface area contributed by atoms with Crippen LogP contribution in [0.5, 0.6) is 0 Å². The van der Waals surface area contributed by atoms with Crippen LogP contribution < -0.4 is 5.32 Å². The van der Waals surface area contributed by atoms with E-state index < -0.39 is 6.09 Å². The molecule has 1 rings (SSSR count). The van der Waals surface area contributed by atoms with Crippen molar-refractivity contribution in [1.82, 2.24) is 4.98 Å². The largest absolute Gasteiger partial charge is 0.453 e. The molecule has 1 N–H and O–H groups in total. The molecule has 0 saturated heterocycles. The van der Waals surface area contributed by atoms with Gasteiger partial charge in [0.15, 0.2) is 0 Å². The van der Waals surface area contributed by atoms with Crippen LogP contribution in [-0.2, 0) is 4.74 Å². The summed E-state index contributed by atoms with van der Waals surface area (Å²) in [4.78, 5) is 14.7. The average molecular weight is 201 g/mol. The van der Waals surface area contributed by atoms with E-state index in [-0.39, 0.29) is 0 Å². The van der Waals surface area contributed by atoms with E-state index >= 15 is 0 Å². The molecule has 1 amide bonds. The molecule has 0 aliphatic heterocycles. The van der Waals surface area contributed by atoms with Gasteiger partial charge in [0.25, 0.3) is 0 Å². The van der Waals surface area contributed by atoms with E-state index in [2.05, 4.69) is 15.0 Å². The van der Waals surface area contributed by atoms with Crippen molar-refractivity contribution >= 4 is 23.5 Å². The third-order valence-corrected chi connectivity index (χ3v) is 1.86. The van der Waals surface area contributed by atoms with E-state index in [1.165, 1.54) is 13.3 Å². The third kappa shape index (κ3) is 2.59. The number of nitrogens with one attached hydrogen (secondary N) is 1. The highest BCUT2D eigenvalue weighted by Gasteiger charge is 2.03. The second kappa shape index (κ2) is 4.09. The Morgan fingerprint density at radius 3 is 2.92 bits per heavy atom. The van der Waals surface area contributed by atoms with Gasteiger partial charge in [-0.1, -0.05) is 11.6 Å². The number of hydrogen-bond acceptors (Lipinski definition) is 3. The maximum atomic E-state index is 10.8. The fourth-order valence-electron chi connectivity index (χ4n) is 0.763. The van der Waals surface area contributed by atoms with E-state index in [1.54, 1.807) is 6.07 Å². The van der Waals surface area contributed by atoms with Crippen LogP contribution in [0, 0.1) is 6.92 Å². The highest BCUT2D eigenvalue weighted by Crippen LogP contribution is 2.16. The van der Waals surface area contributed by atoms with Gasteiger partial charge in [-0.05, 0) is 18.6 Å². The lowest BCUT2D eigenvalue weighted by atomic mass is 10.3. The lowest BCUT2D eigenvalue weighted by Gasteiger charge is -2.03. The number of aryl methyl sites for hydroxylation is 1. The Kier molecular flexibility index (Phi) is 3.08. The van der Waals surface area contributed by atoms with Crippen LogP contribution in [0.25, 0.3) is 0 Å². The molecule has 70 valence electrons. The number of carbonyl (C=O) groups excluding carboxylic acids is 1. The number of anilines is 1. The van der Waals surface area contributed by atoms with Gasteiger partial charge in [0.1, 0.15) is 5.82 Å². The van der Waals surface area contributed by atoms with Crippen LogP contribution in [0.15, 0.2) is 12.3 Å². The van der Waals surface area contributed by atoms with E-state index in [1.807, 2.05) is 6.92 Å². The van der Waals surface area contributed by atoms with Crippen molar-refractivity contribution in [3.05, 3.63) is 22.8 Å². The molecule has 0 aliphatic rings. The summed E-state index contributed by atoms with van der Waals surface area (Å²) in [6.45, 7) is 1.83. The molecule has 0 spiro atoms. The highest BCUT2D eigenvalue weighted by molar-refractivity contribution is 6.31. The summed E-state index contributed by atoms with van der Waals surface area (Å²) in [5.41, 5.74) is 0.850. The molecule has 0 bridgehead atoms. The standard InChI is InChI=1S/C8H9ClN2O2/c1-5-3-7(10-4-6(5)9)11-8(12)13-2/h3-4H,1-2H3,(H,10,11,12). The Labute approximate surface area is 80.9 Å². The van der Waals surface area contributed by atoms with Gasteiger partial charge in [-0.3, -0.25) is 5.32 Å². The molecule has 0 aliphatic carbocycles. The number of halogens is 1. The van der Waals surface area contributed by atoms with Crippen LogP contribution in [0.4, 0.5) is 10.6 Å². The van der Waals surface area contributed by atoms with Crippen molar-refractivity contribution in [3.8, 4) is 0 Å². The first-order valence-electron chi connectivity index (χ1n) is 3.60. The minimum absolute atomic E-state index is 0.425. The molecule has 0 atom stereocenters. The first-order chi connectivity index (χ1) is 6.13. The zero-order valence-corrected chi connectivity index (χ0v) is 8.05. The summed E-state index contributed by atoms with van der Waals surface area (Å²) in [5.74, 6) is 0.425. The Hall–Kier alpha value is -1.29. The summed E-state index contributed by atoms with van der Waals surface area (Å²) in [6.07, 6.45) is 0.927.